The predicted molar refractivity (Wildman–Crippen MR) is 58.7 cm³/mol. The fourth-order valence-electron chi connectivity index (χ4n) is 0.969. The Morgan fingerprint density at radius 2 is 2.11 bits per heavy atom. The molecule has 0 spiro atoms. The molecule has 0 radical (unpaired) electrons. The van der Waals surface area contributed by atoms with Gasteiger partial charge in [-0.05, 0) is 34.1 Å². The summed E-state index contributed by atoms with van der Waals surface area (Å²) < 4.78 is 44.7. The highest BCUT2D eigenvalue weighted by Gasteiger charge is 2.31. The lowest BCUT2D eigenvalue weighted by Crippen LogP contribution is -2.34. The Kier molecular flexibility index (Phi) is 4.79. The van der Waals surface area contributed by atoms with Crippen molar-refractivity contribution in [1.29, 1.82) is 0 Å². The van der Waals surface area contributed by atoms with Crippen LogP contribution in [0.15, 0.2) is 22.7 Å². The van der Waals surface area contributed by atoms with Gasteiger partial charge in [0.1, 0.15) is 11.5 Å². The van der Waals surface area contributed by atoms with E-state index >= 15 is 0 Å². The van der Waals surface area contributed by atoms with Gasteiger partial charge in [0.15, 0.2) is 6.61 Å². The number of benzene rings is 1. The second kappa shape index (κ2) is 5.91. The molecule has 100 valence electrons. The molecule has 9 heteroatoms. The van der Waals surface area contributed by atoms with Crippen LogP contribution in [0.1, 0.15) is 0 Å². The number of carbonyl (C=O) groups is 1. The molecule has 1 amide bonds. The zero-order valence-electron chi connectivity index (χ0n) is 8.75. The molecular weight excluding hydrogens is 321 g/mol. The van der Waals surface area contributed by atoms with Crippen LogP contribution >= 0.6 is 15.9 Å². The molecule has 0 aliphatic carbocycles. The monoisotopic (exact) mass is 328 g/mol. The van der Waals surface area contributed by atoms with Gasteiger partial charge in [0.2, 0.25) is 0 Å². The molecular formula is C9H8BrF3N2O3. The van der Waals surface area contributed by atoms with E-state index in [0.29, 0.717) is 0 Å². The molecule has 5 nitrogen and oxygen atoms in total. The number of rotatable bonds is 4. The number of halogens is 4. The van der Waals surface area contributed by atoms with Gasteiger partial charge < -0.3 is 9.47 Å². The van der Waals surface area contributed by atoms with E-state index < -0.39 is 18.0 Å². The lowest BCUT2D eigenvalue weighted by molar-refractivity contribution is -0.274. The number of nitrogens with two attached hydrogens (primary N) is 1. The summed E-state index contributed by atoms with van der Waals surface area (Å²) in [5.41, 5.74) is 1.84. The minimum atomic E-state index is -4.77. The first-order valence-electron chi connectivity index (χ1n) is 4.49. The number of carbonyl (C=O) groups excluding carboxylic acids is 1. The standard InChI is InChI=1S/C9H8BrF3N2O3/c10-6-3-5(17-4-8(16)15-14)1-2-7(6)18-9(11,12)13/h1-3H,4,14H2,(H,15,16). The van der Waals surface area contributed by atoms with Gasteiger partial charge in [0, 0.05) is 0 Å². The summed E-state index contributed by atoms with van der Waals surface area (Å²) in [4.78, 5) is 10.8. The molecule has 0 saturated carbocycles. The second-order valence-corrected chi connectivity index (χ2v) is 3.85. The molecule has 0 aliphatic heterocycles. The number of hydrogen-bond donors (Lipinski definition) is 2. The molecule has 1 rings (SSSR count). The molecule has 0 fully saturated rings. The average molecular weight is 329 g/mol. The fourth-order valence-corrected chi connectivity index (χ4v) is 1.41. The van der Waals surface area contributed by atoms with Gasteiger partial charge in [-0.25, -0.2) is 5.84 Å². The van der Waals surface area contributed by atoms with E-state index in [0.717, 1.165) is 6.07 Å². The summed E-state index contributed by atoms with van der Waals surface area (Å²) in [6.07, 6.45) is -4.77. The van der Waals surface area contributed by atoms with E-state index in [1.165, 1.54) is 12.1 Å². The van der Waals surface area contributed by atoms with Crippen molar-refractivity contribution in [3.05, 3.63) is 22.7 Å². The molecule has 0 bridgehead atoms. The van der Waals surface area contributed by atoms with Crippen molar-refractivity contribution in [2.75, 3.05) is 6.61 Å². The zero-order chi connectivity index (χ0) is 13.8. The molecule has 0 aliphatic rings. The van der Waals surface area contributed by atoms with E-state index in [2.05, 4.69) is 20.7 Å². The Morgan fingerprint density at radius 1 is 1.44 bits per heavy atom. The lowest BCUT2D eigenvalue weighted by atomic mass is 10.3. The number of nitrogens with one attached hydrogen (secondary N) is 1. The molecule has 1 aromatic rings. The number of amides is 1. The van der Waals surface area contributed by atoms with Crippen molar-refractivity contribution in [3.63, 3.8) is 0 Å². The van der Waals surface area contributed by atoms with Crippen LogP contribution in [0.25, 0.3) is 0 Å². The smallest absolute Gasteiger partial charge is 0.484 e. The van der Waals surface area contributed by atoms with Gasteiger partial charge in [-0.15, -0.1) is 13.2 Å². The van der Waals surface area contributed by atoms with Crippen LogP contribution in [0.5, 0.6) is 11.5 Å². The molecule has 1 aromatic carbocycles. The largest absolute Gasteiger partial charge is 0.573 e. The number of hydrogen-bond acceptors (Lipinski definition) is 4. The van der Waals surface area contributed by atoms with Gasteiger partial charge in [0.05, 0.1) is 4.47 Å². The highest BCUT2D eigenvalue weighted by atomic mass is 79.9. The van der Waals surface area contributed by atoms with Crippen molar-refractivity contribution in [3.8, 4) is 11.5 Å². The maximum Gasteiger partial charge on any atom is 0.573 e. The Hall–Kier alpha value is -1.48. The number of ether oxygens (including phenoxy) is 2. The number of hydrazine groups is 1. The van der Waals surface area contributed by atoms with Crippen LogP contribution < -0.4 is 20.7 Å². The first kappa shape index (κ1) is 14.6. The van der Waals surface area contributed by atoms with Crippen LogP contribution in [0.4, 0.5) is 13.2 Å². The van der Waals surface area contributed by atoms with Gasteiger partial charge in [-0.3, -0.25) is 10.2 Å². The molecule has 0 saturated heterocycles. The van der Waals surface area contributed by atoms with Crippen molar-refractivity contribution in [2.45, 2.75) is 6.36 Å². The first-order chi connectivity index (χ1) is 8.31. The third-order valence-corrected chi connectivity index (χ3v) is 2.28. The van der Waals surface area contributed by atoms with Crippen LogP contribution in [-0.4, -0.2) is 18.9 Å². The maximum absolute atomic E-state index is 12.0. The Morgan fingerprint density at radius 3 is 2.61 bits per heavy atom. The van der Waals surface area contributed by atoms with Crippen LogP contribution in [0.2, 0.25) is 0 Å². The fraction of sp³-hybridized carbons (Fsp3) is 0.222. The van der Waals surface area contributed by atoms with Crippen LogP contribution in [0, 0.1) is 0 Å². The first-order valence-corrected chi connectivity index (χ1v) is 5.28. The maximum atomic E-state index is 12.0. The third-order valence-electron chi connectivity index (χ3n) is 1.66. The van der Waals surface area contributed by atoms with Crippen LogP contribution in [-0.2, 0) is 4.79 Å². The highest BCUT2D eigenvalue weighted by molar-refractivity contribution is 9.10. The molecule has 0 atom stereocenters. The molecule has 18 heavy (non-hydrogen) atoms. The van der Waals surface area contributed by atoms with Gasteiger partial charge in [-0.2, -0.15) is 0 Å². The van der Waals surface area contributed by atoms with Crippen molar-refractivity contribution >= 4 is 21.8 Å². The summed E-state index contributed by atoms with van der Waals surface area (Å²) >= 11 is 2.89. The van der Waals surface area contributed by atoms with E-state index in [4.69, 9.17) is 10.6 Å². The summed E-state index contributed by atoms with van der Waals surface area (Å²) in [6.45, 7) is -0.345. The molecule has 3 N–H and O–H groups in total. The Balaban J connectivity index is 2.70. The summed E-state index contributed by atoms with van der Waals surface area (Å²) in [5, 5.41) is 0. The SMILES string of the molecule is NNC(=O)COc1ccc(OC(F)(F)F)c(Br)c1. The van der Waals surface area contributed by atoms with Crippen LogP contribution in [0.3, 0.4) is 0 Å². The Bertz CT molecular complexity index is 440. The second-order valence-electron chi connectivity index (χ2n) is 3.00. The molecule has 0 unspecified atom stereocenters. The lowest BCUT2D eigenvalue weighted by Gasteiger charge is -2.11. The third kappa shape index (κ3) is 4.80. The normalized spacial score (nSPS) is 10.9. The van der Waals surface area contributed by atoms with E-state index in [9.17, 15) is 18.0 Å². The predicted octanol–water partition coefficient (Wildman–Crippen LogP) is 1.72. The molecule has 0 aromatic heterocycles. The topological polar surface area (TPSA) is 73.6 Å². The highest BCUT2D eigenvalue weighted by Crippen LogP contribution is 2.33. The quantitative estimate of drug-likeness (QED) is 0.501. The average Bonchev–Trinajstić information content (AvgIpc) is 2.27. The van der Waals surface area contributed by atoms with Crippen molar-refractivity contribution in [1.82, 2.24) is 5.43 Å². The van der Waals surface area contributed by atoms with Gasteiger partial charge in [-0.1, -0.05) is 0 Å². The van der Waals surface area contributed by atoms with E-state index in [1.807, 2.05) is 5.43 Å². The minimum Gasteiger partial charge on any atom is -0.484 e. The minimum absolute atomic E-state index is 0.0467. The molecule has 0 heterocycles. The van der Waals surface area contributed by atoms with Gasteiger partial charge in [0.25, 0.3) is 5.91 Å². The number of alkyl halides is 3. The van der Waals surface area contributed by atoms with Crippen molar-refractivity contribution in [2.24, 2.45) is 5.84 Å². The van der Waals surface area contributed by atoms with E-state index in [-0.39, 0.29) is 16.8 Å². The van der Waals surface area contributed by atoms with Gasteiger partial charge >= 0.3 is 6.36 Å². The summed E-state index contributed by atoms with van der Waals surface area (Å²) in [7, 11) is 0. The van der Waals surface area contributed by atoms with E-state index in [1.54, 1.807) is 0 Å². The summed E-state index contributed by atoms with van der Waals surface area (Å²) in [6, 6.07) is 3.54. The summed E-state index contributed by atoms with van der Waals surface area (Å²) in [5.74, 6) is 4.05. The van der Waals surface area contributed by atoms with Crippen molar-refractivity contribution < 1.29 is 27.4 Å². The Labute approximate surface area is 108 Å². The zero-order valence-corrected chi connectivity index (χ0v) is 10.3.